The first kappa shape index (κ1) is 24.2. The fourth-order valence-electron chi connectivity index (χ4n) is 3.49. The summed E-state index contributed by atoms with van der Waals surface area (Å²) in [5.41, 5.74) is 2.14. The number of carbonyl (C=O) groups excluding carboxylic acids is 1. The highest BCUT2D eigenvalue weighted by Crippen LogP contribution is 2.40. The fraction of sp³-hybridized carbons (Fsp3) is 0.542. The van der Waals surface area contributed by atoms with E-state index in [2.05, 4.69) is 24.1 Å². The average molecular weight is 459 g/mol. The molecule has 3 rings (SSSR count). The summed E-state index contributed by atoms with van der Waals surface area (Å²) < 4.78 is 13.5. The van der Waals surface area contributed by atoms with Gasteiger partial charge in [0, 0.05) is 17.0 Å². The molecule has 32 heavy (non-hydrogen) atoms. The van der Waals surface area contributed by atoms with Gasteiger partial charge in [0.25, 0.3) is 0 Å². The number of nitrogens with one attached hydrogen (secondary N) is 1. The highest BCUT2D eigenvalue weighted by molar-refractivity contribution is 7.99. The molecular formula is C24H34N4O3S. The van der Waals surface area contributed by atoms with E-state index >= 15 is 0 Å². The zero-order chi connectivity index (χ0) is 22.9. The van der Waals surface area contributed by atoms with Crippen LogP contribution >= 0.6 is 11.8 Å². The van der Waals surface area contributed by atoms with Crippen LogP contribution in [0.1, 0.15) is 71.4 Å². The Morgan fingerprint density at radius 1 is 1.12 bits per heavy atom. The van der Waals surface area contributed by atoms with E-state index in [0.29, 0.717) is 29.9 Å². The Morgan fingerprint density at radius 2 is 1.91 bits per heavy atom. The number of hydrogen-bond donors (Lipinski definition) is 1. The number of para-hydroxylation sites is 1. The number of rotatable bonds is 12. The summed E-state index contributed by atoms with van der Waals surface area (Å²) in [6.07, 6.45) is 5.01. The van der Waals surface area contributed by atoms with Crippen molar-refractivity contribution in [1.82, 2.24) is 14.8 Å². The Labute approximate surface area is 195 Å². The van der Waals surface area contributed by atoms with Crippen LogP contribution in [0.4, 0.5) is 5.95 Å². The van der Waals surface area contributed by atoms with Crippen LogP contribution in [0, 0.1) is 0 Å². The fourth-order valence-corrected chi connectivity index (χ4v) is 4.40. The normalized spacial score (nSPS) is 15.3. The molecule has 2 heterocycles. The minimum Gasteiger partial charge on any atom is -0.493 e. The van der Waals surface area contributed by atoms with Crippen molar-refractivity contribution < 1.29 is 14.3 Å². The zero-order valence-electron chi connectivity index (χ0n) is 19.5. The number of allylic oxidation sites excluding steroid dienone is 1. The molecule has 0 saturated heterocycles. The molecule has 0 radical (unpaired) electrons. The van der Waals surface area contributed by atoms with E-state index in [-0.39, 0.29) is 5.97 Å². The third-order valence-corrected chi connectivity index (χ3v) is 6.11. The lowest BCUT2D eigenvalue weighted by Crippen LogP contribution is -2.30. The molecule has 0 bridgehead atoms. The van der Waals surface area contributed by atoms with Crippen LogP contribution in [0.25, 0.3) is 0 Å². The van der Waals surface area contributed by atoms with E-state index < -0.39 is 6.04 Å². The molecule has 174 valence electrons. The van der Waals surface area contributed by atoms with Crippen molar-refractivity contribution in [2.45, 2.75) is 71.0 Å². The van der Waals surface area contributed by atoms with E-state index in [1.807, 2.05) is 38.1 Å². The maximum Gasteiger partial charge on any atom is 0.338 e. The number of nitrogens with zero attached hydrogens (tertiary/aromatic N) is 3. The lowest BCUT2D eigenvalue weighted by atomic mass is 9.95. The molecule has 1 unspecified atom stereocenters. The number of anilines is 1. The Morgan fingerprint density at radius 3 is 2.66 bits per heavy atom. The van der Waals surface area contributed by atoms with Gasteiger partial charge in [0.2, 0.25) is 11.1 Å². The molecule has 0 fully saturated rings. The van der Waals surface area contributed by atoms with E-state index in [1.54, 1.807) is 16.4 Å². The third kappa shape index (κ3) is 5.65. The summed E-state index contributed by atoms with van der Waals surface area (Å²) in [7, 11) is 0. The van der Waals surface area contributed by atoms with E-state index in [4.69, 9.17) is 14.6 Å². The van der Waals surface area contributed by atoms with Crippen LogP contribution in [0.15, 0.2) is 40.7 Å². The third-order valence-electron chi connectivity index (χ3n) is 5.19. The summed E-state index contributed by atoms with van der Waals surface area (Å²) in [6, 6.07) is 7.38. The number of thioether (sulfide) groups is 1. The van der Waals surface area contributed by atoms with E-state index in [0.717, 1.165) is 54.9 Å². The zero-order valence-corrected chi connectivity index (χ0v) is 20.3. The number of aromatic nitrogens is 3. The van der Waals surface area contributed by atoms with Gasteiger partial charge in [0.05, 0.1) is 18.8 Å². The number of benzene rings is 1. The van der Waals surface area contributed by atoms with Crippen molar-refractivity contribution in [3.8, 4) is 5.75 Å². The number of fused-ring (bicyclic) bond motifs is 1. The van der Waals surface area contributed by atoms with Crippen LogP contribution < -0.4 is 10.1 Å². The second-order valence-electron chi connectivity index (χ2n) is 7.81. The first-order valence-electron chi connectivity index (χ1n) is 11.6. The van der Waals surface area contributed by atoms with Crippen LogP contribution in [0.2, 0.25) is 0 Å². The average Bonchev–Trinajstić information content (AvgIpc) is 3.19. The molecule has 0 aliphatic carbocycles. The first-order chi connectivity index (χ1) is 15.6. The molecule has 1 N–H and O–H groups in total. The van der Waals surface area contributed by atoms with E-state index in [1.165, 1.54) is 0 Å². The molecule has 1 aromatic heterocycles. The molecule has 0 spiro atoms. The summed E-state index contributed by atoms with van der Waals surface area (Å²) in [6.45, 7) is 9.17. The van der Waals surface area contributed by atoms with Crippen LogP contribution in [0.3, 0.4) is 0 Å². The lowest BCUT2D eigenvalue weighted by Gasteiger charge is -2.29. The highest BCUT2D eigenvalue weighted by atomic mass is 32.2. The molecule has 1 aliphatic rings. The quantitative estimate of drug-likeness (QED) is 0.252. The van der Waals surface area contributed by atoms with Gasteiger partial charge in [-0.2, -0.15) is 4.98 Å². The van der Waals surface area contributed by atoms with Crippen LogP contribution in [0.5, 0.6) is 5.75 Å². The molecule has 0 amide bonds. The monoisotopic (exact) mass is 458 g/mol. The number of ether oxygens (including phenoxy) is 2. The Hall–Kier alpha value is -2.48. The highest BCUT2D eigenvalue weighted by Gasteiger charge is 2.36. The standard InChI is InChI=1S/C24H34N4O3S/c1-5-8-15-30-19-13-11-10-12-18(19)21-20(22(29)31-14-7-3)17(4)25-23-26-24(27-28(21)23)32-16-9-6-2/h10-13,21H,5-9,14-16H2,1-4H3,(H,25,26,27). The minimum absolute atomic E-state index is 0.341. The number of unbranched alkanes of at least 4 members (excludes halogenated alkanes) is 2. The molecule has 0 saturated carbocycles. The van der Waals surface area contributed by atoms with Gasteiger partial charge >= 0.3 is 5.97 Å². The smallest absolute Gasteiger partial charge is 0.338 e. The van der Waals surface area contributed by atoms with Gasteiger partial charge in [-0.3, -0.25) is 0 Å². The minimum atomic E-state index is -0.471. The summed E-state index contributed by atoms with van der Waals surface area (Å²) in [5, 5.41) is 8.74. The van der Waals surface area contributed by atoms with Gasteiger partial charge in [-0.1, -0.05) is 63.6 Å². The molecule has 2 aromatic rings. The molecular weight excluding hydrogens is 424 g/mol. The molecule has 7 nitrogen and oxygen atoms in total. The lowest BCUT2D eigenvalue weighted by molar-refractivity contribution is -0.139. The Bertz CT molecular complexity index is 941. The van der Waals surface area contributed by atoms with Crippen molar-refractivity contribution in [2.75, 3.05) is 24.3 Å². The van der Waals surface area contributed by atoms with Crippen LogP contribution in [-0.2, 0) is 9.53 Å². The van der Waals surface area contributed by atoms with Gasteiger partial charge in [-0.25, -0.2) is 9.48 Å². The summed E-state index contributed by atoms with van der Waals surface area (Å²) in [4.78, 5) is 17.8. The van der Waals surface area contributed by atoms with Crippen molar-refractivity contribution in [1.29, 1.82) is 0 Å². The molecule has 1 aliphatic heterocycles. The summed E-state index contributed by atoms with van der Waals surface area (Å²) >= 11 is 1.63. The first-order valence-corrected chi connectivity index (χ1v) is 12.5. The van der Waals surface area contributed by atoms with Crippen molar-refractivity contribution in [2.24, 2.45) is 0 Å². The largest absolute Gasteiger partial charge is 0.493 e. The van der Waals surface area contributed by atoms with Gasteiger partial charge in [0.1, 0.15) is 11.8 Å². The Balaban J connectivity index is 2.03. The molecule has 1 atom stereocenters. The van der Waals surface area contributed by atoms with Gasteiger partial charge < -0.3 is 14.8 Å². The number of carbonyl (C=O) groups is 1. The number of hydrogen-bond acceptors (Lipinski definition) is 7. The maximum atomic E-state index is 13.1. The predicted octanol–water partition coefficient (Wildman–Crippen LogP) is 5.59. The van der Waals surface area contributed by atoms with Crippen molar-refractivity contribution in [3.05, 3.63) is 41.1 Å². The van der Waals surface area contributed by atoms with Crippen LogP contribution in [-0.4, -0.2) is 39.7 Å². The number of esters is 1. The van der Waals surface area contributed by atoms with Crippen molar-refractivity contribution in [3.63, 3.8) is 0 Å². The van der Waals surface area contributed by atoms with Gasteiger partial charge in [-0.05, 0) is 32.3 Å². The molecule has 8 heteroatoms. The SMILES string of the molecule is CCCCOc1ccccc1C1C(C(=O)OCCC)=C(C)Nc2nc(SCCCC)nn21. The van der Waals surface area contributed by atoms with Gasteiger partial charge in [-0.15, -0.1) is 5.10 Å². The molecule has 1 aromatic carbocycles. The van der Waals surface area contributed by atoms with Gasteiger partial charge in [0.15, 0.2) is 0 Å². The van der Waals surface area contributed by atoms with Crippen molar-refractivity contribution >= 4 is 23.7 Å². The topological polar surface area (TPSA) is 78.3 Å². The Kier molecular flexibility index (Phi) is 9.02. The predicted molar refractivity (Wildman–Crippen MR) is 128 cm³/mol. The van der Waals surface area contributed by atoms with E-state index in [9.17, 15) is 4.79 Å². The second kappa shape index (κ2) is 11.9. The second-order valence-corrected chi connectivity index (χ2v) is 8.87. The summed E-state index contributed by atoms with van der Waals surface area (Å²) in [5.74, 6) is 2.00. The maximum absolute atomic E-state index is 13.1.